The molecule has 0 bridgehead atoms. The number of carbonyl (C=O) groups excluding carboxylic acids is 1. The van der Waals surface area contributed by atoms with Crippen LogP contribution in [0.2, 0.25) is 0 Å². The van der Waals surface area contributed by atoms with E-state index in [1.807, 2.05) is 37.3 Å². The summed E-state index contributed by atoms with van der Waals surface area (Å²) in [5.74, 6) is 0.714. The summed E-state index contributed by atoms with van der Waals surface area (Å²) in [4.78, 5) is 24.7. The first-order valence-corrected chi connectivity index (χ1v) is 9.55. The van der Waals surface area contributed by atoms with Gasteiger partial charge in [0.05, 0.1) is 11.0 Å². The number of nitrogens with one attached hydrogen (secondary N) is 2. The van der Waals surface area contributed by atoms with Gasteiger partial charge in [-0.05, 0) is 43.3 Å². The van der Waals surface area contributed by atoms with Crippen molar-refractivity contribution in [3.8, 4) is 0 Å². The molecule has 1 unspecified atom stereocenters. The molecule has 28 heavy (non-hydrogen) atoms. The maximum Gasteiger partial charge on any atom is 0.237 e. The van der Waals surface area contributed by atoms with E-state index in [0.717, 1.165) is 5.69 Å². The van der Waals surface area contributed by atoms with E-state index in [-0.39, 0.29) is 28.9 Å². The van der Waals surface area contributed by atoms with Crippen LogP contribution < -0.4 is 16.4 Å². The first kappa shape index (κ1) is 19.6. The van der Waals surface area contributed by atoms with Gasteiger partial charge in [-0.3, -0.25) is 4.79 Å². The normalized spacial score (nSPS) is 11.6. The van der Waals surface area contributed by atoms with Gasteiger partial charge in [-0.1, -0.05) is 18.2 Å². The van der Waals surface area contributed by atoms with Gasteiger partial charge in [-0.2, -0.15) is 15.0 Å². The monoisotopic (exact) mass is 398 g/mol. The number of nitrogens with zero attached hydrogens (tertiary/aromatic N) is 3. The third-order valence-corrected chi connectivity index (χ3v) is 4.81. The number of thioether (sulfide) groups is 1. The highest BCUT2D eigenvalue weighted by molar-refractivity contribution is 7.99. The van der Waals surface area contributed by atoms with E-state index in [0.29, 0.717) is 17.3 Å². The van der Waals surface area contributed by atoms with E-state index >= 15 is 0 Å². The molecule has 0 aliphatic rings. The van der Waals surface area contributed by atoms with Crippen LogP contribution >= 0.6 is 11.8 Å². The zero-order valence-corrected chi connectivity index (χ0v) is 15.9. The number of benzene rings is 2. The van der Waals surface area contributed by atoms with Crippen LogP contribution in [-0.4, -0.2) is 26.1 Å². The third-order valence-electron chi connectivity index (χ3n) is 3.67. The van der Waals surface area contributed by atoms with Gasteiger partial charge in [0.25, 0.3) is 0 Å². The Balaban J connectivity index is 1.59. The Morgan fingerprint density at radius 2 is 1.79 bits per heavy atom. The van der Waals surface area contributed by atoms with Crippen LogP contribution in [0.3, 0.4) is 0 Å². The number of anilines is 4. The molecule has 1 aromatic heterocycles. The average molecular weight is 398 g/mol. The van der Waals surface area contributed by atoms with Crippen molar-refractivity contribution < 1.29 is 9.18 Å². The SMILES string of the molecule is CC(SCc1nc(N)nc(Nc2ccc(F)cc2)n1)C(=O)Nc1ccccc1. The van der Waals surface area contributed by atoms with Gasteiger partial charge in [-0.15, -0.1) is 11.8 Å². The quantitative estimate of drug-likeness (QED) is 0.558. The molecule has 1 amide bonds. The second-order valence-electron chi connectivity index (χ2n) is 5.87. The third kappa shape index (κ3) is 5.65. The molecule has 4 N–H and O–H groups in total. The Kier molecular flexibility index (Phi) is 6.38. The van der Waals surface area contributed by atoms with Gasteiger partial charge < -0.3 is 16.4 Å². The fraction of sp³-hybridized carbons (Fsp3) is 0.158. The molecule has 0 saturated heterocycles. The average Bonchev–Trinajstić information content (AvgIpc) is 2.68. The molecule has 3 aromatic rings. The number of hydrogen-bond acceptors (Lipinski definition) is 7. The van der Waals surface area contributed by atoms with Gasteiger partial charge >= 0.3 is 0 Å². The molecule has 1 atom stereocenters. The molecule has 144 valence electrons. The summed E-state index contributed by atoms with van der Waals surface area (Å²) in [7, 11) is 0. The van der Waals surface area contributed by atoms with Crippen molar-refractivity contribution in [2.75, 3.05) is 16.4 Å². The molecule has 9 heteroatoms. The fourth-order valence-electron chi connectivity index (χ4n) is 2.26. The lowest BCUT2D eigenvalue weighted by Crippen LogP contribution is -2.22. The lowest BCUT2D eigenvalue weighted by Gasteiger charge is -2.12. The van der Waals surface area contributed by atoms with Crippen LogP contribution in [-0.2, 0) is 10.5 Å². The van der Waals surface area contributed by atoms with Gasteiger partial charge in [-0.25, -0.2) is 4.39 Å². The Hall–Kier alpha value is -3.20. The first-order valence-electron chi connectivity index (χ1n) is 8.50. The number of aromatic nitrogens is 3. The van der Waals surface area contributed by atoms with Crippen LogP contribution in [0, 0.1) is 5.82 Å². The molecule has 2 aromatic carbocycles. The topological polar surface area (TPSA) is 106 Å². The lowest BCUT2D eigenvalue weighted by molar-refractivity contribution is -0.115. The van der Waals surface area contributed by atoms with E-state index < -0.39 is 0 Å². The molecule has 0 aliphatic carbocycles. The number of nitrogens with two attached hydrogens (primary N) is 1. The van der Waals surface area contributed by atoms with Gasteiger partial charge in [0.15, 0.2) is 0 Å². The van der Waals surface area contributed by atoms with Crippen molar-refractivity contribution in [3.63, 3.8) is 0 Å². The number of para-hydroxylation sites is 1. The van der Waals surface area contributed by atoms with E-state index in [9.17, 15) is 9.18 Å². The fourth-order valence-corrected chi connectivity index (χ4v) is 3.00. The molecule has 0 saturated carbocycles. The number of halogens is 1. The molecule has 0 aliphatic heterocycles. The van der Waals surface area contributed by atoms with Crippen LogP contribution in [0.5, 0.6) is 0 Å². The highest BCUT2D eigenvalue weighted by atomic mass is 32.2. The zero-order valence-electron chi connectivity index (χ0n) is 15.1. The summed E-state index contributed by atoms with van der Waals surface area (Å²) >= 11 is 1.38. The van der Waals surface area contributed by atoms with Crippen molar-refractivity contribution >= 4 is 40.9 Å². The molecule has 0 spiro atoms. The van der Waals surface area contributed by atoms with Crippen molar-refractivity contribution in [2.24, 2.45) is 0 Å². The maximum atomic E-state index is 13.0. The van der Waals surface area contributed by atoms with Crippen LogP contribution in [0.4, 0.5) is 27.7 Å². The van der Waals surface area contributed by atoms with E-state index in [1.165, 1.54) is 23.9 Å². The van der Waals surface area contributed by atoms with Crippen molar-refractivity contribution in [2.45, 2.75) is 17.9 Å². The number of rotatable bonds is 7. The summed E-state index contributed by atoms with van der Waals surface area (Å²) in [6, 6.07) is 15.1. The van der Waals surface area contributed by atoms with Gasteiger partial charge in [0, 0.05) is 11.4 Å². The Morgan fingerprint density at radius 3 is 2.50 bits per heavy atom. The molecule has 1 heterocycles. The van der Waals surface area contributed by atoms with Crippen LogP contribution in [0.15, 0.2) is 54.6 Å². The summed E-state index contributed by atoms with van der Waals surface area (Å²) in [6.45, 7) is 1.81. The second kappa shape index (κ2) is 9.14. The second-order valence-corrected chi connectivity index (χ2v) is 7.20. The summed E-state index contributed by atoms with van der Waals surface area (Å²) < 4.78 is 13.0. The predicted octanol–water partition coefficient (Wildman–Crippen LogP) is 3.60. The van der Waals surface area contributed by atoms with Gasteiger partial charge in [0.2, 0.25) is 17.8 Å². The Bertz CT molecular complexity index is 939. The minimum absolute atomic E-state index is 0.0663. The number of carbonyl (C=O) groups is 1. The molecule has 3 rings (SSSR count). The minimum Gasteiger partial charge on any atom is -0.368 e. The van der Waals surface area contributed by atoms with Crippen molar-refractivity contribution in [1.29, 1.82) is 0 Å². The molecular formula is C19H19FN6OS. The van der Waals surface area contributed by atoms with Crippen LogP contribution in [0.1, 0.15) is 12.7 Å². The number of amides is 1. The smallest absolute Gasteiger partial charge is 0.237 e. The molecule has 7 nitrogen and oxygen atoms in total. The van der Waals surface area contributed by atoms with Crippen molar-refractivity contribution in [1.82, 2.24) is 15.0 Å². The number of hydrogen-bond donors (Lipinski definition) is 3. The van der Waals surface area contributed by atoms with E-state index in [2.05, 4.69) is 25.6 Å². The highest BCUT2D eigenvalue weighted by Gasteiger charge is 2.15. The Morgan fingerprint density at radius 1 is 1.07 bits per heavy atom. The summed E-state index contributed by atoms with van der Waals surface area (Å²) in [6.07, 6.45) is 0. The van der Waals surface area contributed by atoms with Crippen molar-refractivity contribution in [3.05, 3.63) is 66.2 Å². The van der Waals surface area contributed by atoms with E-state index in [4.69, 9.17) is 5.73 Å². The first-order chi connectivity index (χ1) is 13.5. The standard InChI is InChI=1S/C19H19FN6OS/c1-12(17(27)22-14-5-3-2-4-6-14)28-11-16-24-18(21)26-19(25-16)23-15-9-7-13(20)8-10-15/h2-10,12H,11H2,1H3,(H,22,27)(H3,21,23,24,25,26). The van der Waals surface area contributed by atoms with E-state index in [1.54, 1.807) is 12.1 Å². The highest BCUT2D eigenvalue weighted by Crippen LogP contribution is 2.20. The number of nitrogen functional groups attached to an aromatic ring is 1. The molecule has 0 radical (unpaired) electrons. The maximum absolute atomic E-state index is 13.0. The Labute approximate surface area is 166 Å². The minimum atomic E-state index is -0.333. The van der Waals surface area contributed by atoms with Crippen LogP contribution in [0.25, 0.3) is 0 Å². The summed E-state index contributed by atoms with van der Waals surface area (Å²) in [5, 5.41) is 5.50. The molecular weight excluding hydrogens is 379 g/mol. The zero-order chi connectivity index (χ0) is 19.9. The molecule has 0 fully saturated rings. The van der Waals surface area contributed by atoms with Gasteiger partial charge in [0.1, 0.15) is 11.6 Å². The lowest BCUT2D eigenvalue weighted by atomic mass is 10.3. The largest absolute Gasteiger partial charge is 0.368 e. The summed E-state index contributed by atoms with van der Waals surface area (Å²) in [5.41, 5.74) is 7.13. The predicted molar refractivity (Wildman–Crippen MR) is 110 cm³/mol.